The summed E-state index contributed by atoms with van der Waals surface area (Å²) in [5.41, 5.74) is 12.4. The van der Waals surface area contributed by atoms with Crippen molar-refractivity contribution in [2.45, 2.75) is 6.92 Å². The number of rotatable bonds is 3. The van der Waals surface area contributed by atoms with Gasteiger partial charge in [0.15, 0.2) is 0 Å². The zero-order valence-corrected chi connectivity index (χ0v) is 10.2. The van der Waals surface area contributed by atoms with Gasteiger partial charge in [-0.05, 0) is 25.1 Å². The predicted octanol–water partition coefficient (Wildman–Crippen LogP) is 1.20. The number of hydrogen-bond donors (Lipinski definition) is 2. The van der Waals surface area contributed by atoms with Crippen molar-refractivity contribution in [3.63, 3.8) is 0 Å². The number of benzene rings is 1. The highest BCUT2D eigenvalue weighted by Crippen LogP contribution is 2.26. The van der Waals surface area contributed by atoms with Crippen molar-refractivity contribution in [2.24, 2.45) is 12.8 Å². The standard InChI is InChI=1S/C12H14N4O2/c1-7-5-11(16(2)15-7)18-10-4-3-8(13)6-9(10)12(14)17/h3-6H,13H2,1-2H3,(H2,14,17). The summed E-state index contributed by atoms with van der Waals surface area (Å²) >= 11 is 0. The number of aromatic nitrogens is 2. The van der Waals surface area contributed by atoms with Crippen LogP contribution in [0.1, 0.15) is 16.1 Å². The number of amides is 1. The molecule has 1 heterocycles. The molecule has 0 aliphatic heterocycles. The molecular formula is C12H14N4O2. The molecule has 0 spiro atoms. The van der Waals surface area contributed by atoms with Crippen LogP contribution in [0.4, 0.5) is 5.69 Å². The van der Waals surface area contributed by atoms with E-state index in [9.17, 15) is 4.79 Å². The molecule has 6 heteroatoms. The number of nitrogens with two attached hydrogens (primary N) is 2. The third-order valence-corrected chi connectivity index (χ3v) is 2.44. The first-order valence-electron chi connectivity index (χ1n) is 5.35. The lowest BCUT2D eigenvalue weighted by Crippen LogP contribution is -2.13. The van der Waals surface area contributed by atoms with Gasteiger partial charge in [0.05, 0.1) is 11.3 Å². The molecular weight excluding hydrogens is 232 g/mol. The first-order valence-corrected chi connectivity index (χ1v) is 5.35. The fourth-order valence-corrected chi connectivity index (χ4v) is 1.62. The molecule has 0 fully saturated rings. The molecule has 2 rings (SSSR count). The molecule has 1 aromatic carbocycles. The van der Waals surface area contributed by atoms with Gasteiger partial charge in [-0.15, -0.1) is 0 Å². The average molecular weight is 246 g/mol. The highest BCUT2D eigenvalue weighted by atomic mass is 16.5. The fraction of sp³-hybridized carbons (Fsp3) is 0.167. The molecule has 18 heavy (non-hydrogen) atoms. The van der Waals surface area contributed by atoms with Gasteiger partial charge in [-0.2, -0.15) is 5.10 Å². The van der Waals surface area contributed by atoms with Crippen LogP contribution in [0.25, 0.3) is 0 Å². The summed E-state index contributed by atoms with van der Waals surface area (Å²) in [6, 6.07) is 6.50. The molecule has 0 aliphatic carbocycles. The third-order valence-electron chi connectivity index (χ3n) is 2.44. The van der Waals surface area contributed by atoms with Gasteiger partial charge < -0.3 is 16.2 Å². The SMILES string of the molecule is Cc1cc(Oc2ccc(N)cc2C(N)=O)n(C)n1. The molecule has 0 saturated heterocycles. The Hall–Kier alpha value is -2.50. The Morgan fingerprint density at radius 2 is 2.11 bits per heavy atom. The van der Waals surface area contributed by atoms with Crippen LogP contribution in [-0.4, -0.2) is 15.7 Å². The Morgan fingerprint density at radius 1 is 1.39 bits per heavy atom. The van der Waals surface area contributed by atoms with Gasteiger partial charge in [0.2, 0.25) is 5.88 Å². The van der Waals surface area contributed by atoms with Crippen LogP contribution in [0, 0.1) is 6.92 Å². The van der Waals surface area contributed by atoms with Gasteiger partial charge >= 0.3 is 0 Å². The van der Waals surface area contributed by atoms with Crippen molar-refractivity contribution < 1.29 is 9.53 Å². The van der Waals surface area contributed by atoms with E-state index in [2.05, 4.69) is 5.10 Å². The maximum atomic E-state index is 11.3. The third kappa shape index (κ3) is 2.27. The highest BCUT2D eigenvalue weighted by Gasteiger charge is 2.12. The van der Waals surface area contributed by atoms with Crippen LogP contribution in [0.3, 0.4) is 0 Å². The van der Waals surface area contributed by atoms with Gasteiger partial charge in [0.25, 0.3) is 5.91 Å². The minimum atomic E-state index is -0.587. The lowest BCUT2D eigenvalue weighted by molar-refractivity contribution is 0.0998. The Balaban J connectivity index is 2.40. The number of aryl methyl sites for hydroxylation is 2. The second-order valence-electron chi connectivity index (χ2n) is 3.97. The first-order chi connectivity index (χ1) is 8.47. The van der Waals surface area contributed by atoms with Crippen molar-refractivity contribution >= 4 is 11.6 Å². The summed E-state index contributed by atoms with van der Waals surface area (Å²) in [6.07, 6.45) is 0. The second kappa shape index (κ2) is 4.40. The number of hydrogen-bond acceptors (Lipinski definition) is 4. The number of anilines is 1. The molecule has 0 radical (unpaired) electrons. The number of nitrogen functional groups attached to an aromatic ring is 1. The van der Waals surface area contributed by atoms with Gasteiger partial charge in [-0.3, -0.25) is 4.79 Å². The van der Waals surface area contributed by atoms with Crippen molar-refractivity contribution in [2.75, 3.05) is 5.73 Å². The quantitative estimate of drug-likeness (QED) is 0.795. The van der Waals surface area contributed by atoms with Crippen LogP contribution in [0.5, 0.6) is 11.6 Å². The summed E-state index contributed by atoms with van der Waals surface area (Å²) in [5.74, 6) is 0.302. The van der Waals surface area contributed by atoms with Gasteiger partial charge in [0.1, 0.15) is 5.75 Å². The molecule has 6 nitrogen and oxygen atoms in total. The smallest absolute Gasteiger partial charge is 0.252 e. The Kier molecular flexibility index (Phi) is 2.93. The minimum absolute atomic E-state index is 0.244. The van der Waals surface area contributed by atoms with Gasteiger partial charge in [0, 0.05) is 18.8 Å². The summed E-state index contributed by atoms with van der Waals surface area (Å²) in [7, 11) is 1.75. The van der Waals surface area contributed by atoms with Gasteiger partial charge in [-0.1, -0.05) is 0 Å². The molecule has 0 unspecified atom stereocenters. The minimum Gasteiger partial charge on any atom is -0.438 e. The Labute approximate surface area is 104 Å². The topological polar surface area (TPSA) is 96.2 Å². The van der Waals surface area contributed by atoms with Crippen LogP contribution < -0.4 is 16.2 Å². The van der Waals surface area contributed by atoms with E-state index in [1.54, 1.807) is 29.9 Å². The number of ether oxygens (including phenoxy) is 1. The largest absolute Gasteiger partial charge is 0.438 e. The van der Waals surface area contributed by atoms with Crippen molar-refractivity contribution in [3.05, 3.63) is 35.5 Å². The van der Waals surface area contributed by atoms with E-state index in [-0.39, 0.29) is 5.56 Å². The van der Waals surface area contributed by atoms with Crippen LogP contribution in [-0.2, 0) is 7.05 Å². The molecule has 0 saturated carbocycles. The van der Waals surface area contributed by atoms with Crippen LogP contribution in [0.15, 0.2) is 24.3 Å². The number of primary amides is 1. The Morgan fingerprint density at radius 3 is 2.67 bits per heavy atom. The zero-order chi connectivity index (χ0) is 13.3. The monoisotopic (exact) mass is 246 g/mol. The summed E-state index contributed by atoms with van der Waals surface area (Å²) in [5, 5.41) is 4.15. The lowest BCUT2D eigenvalue weighted by Gasteiger charge is -2.09. The summed E-state index contributed by atoms with van der Waals surface area (Å²) < 4.78 is 7.20. The highest BCUT2D eigenvalue weighted by molar-refractivity contribution is 5.96. The normalized spacial score (nSPS) is 10.3. The van der Waals surface area contributed by atoms with E-state index in [1.165, 1.54) is 6.07 Å². The molecule has 4 N–H and O–H groups in total. The van der Waals surface area contributed by atoms with Crippen LogP contribution in [0.2, 0.25) is 0 Å². The van der Waals surface area contributed by atoms with E-state index in [1.807, 2.05) is 6.92 Å². The van der Waals surface area contributed by atoms with Crippen molar-refractivity contribution in [1.29, 1.82) is 0 Å². The fourth-order valence-electron chi connectivity index (χ4n) is 1.62. The predicted molar refractivity (Wildman–Crippen MR) is 67.4 cm³/mol. The molecule has 1 aromatic heterocycles. The first kappa shape index (κ1) is 12.0. The second-order valence-corrected chi connectivity index (χ2v) is 3.97. The molecule has 94 valence electrons. The van der Waals surface area contributed by atoms with E-state index in [0.717, 1.165) is 5.69 Å². The van der Waals surface area contributed by atoms with Crippen LogP contribution >= 0.6 is 0 Å². The molecule has 0 bridgehead atoms. The molecule has 0 aliphatic rings. The maximum Gasteiger partial charge on any atom is 0.252 e. The summed E-state index contributed by atoms with van der Waals surface area (Å²) in [4.78, 5) is 11.3. The average Bonchev–Trinajstić information content (AvgIpc) is 2.60. The molecule has 0 atom stereocenters. The number of carbonyl (C=O) groups excluding carboxylic acids is 1. The lowest BCUT2D eigenvalue weighted by atomic mass is 10.1. The van der Waals surface area contributed by atoms with E-state index in [0.29, 0.717) is 17.3 Å². The van der Waals surface area contributed by atoms with Crippen molar-refractivity contribution in [1.82, 2.24) is 9.78 Å². The molecule has 1 amide bonds. The molecule has 2 aromatic rings. The number of nitrogens with zero attached hydrogens (tertiary/aromatic N) is 2. The maximum absolute atomic E-state index is 11.3. The van der Waals surface area contributed by atoms with E-state index >= 15 is 0 Å². The van der Waals surface area contributed by atoms with Gasteiger partial charge in [-0.25, -0.2) is 4.68 Å². The van der Waals surface area contributed by atoms with E-state index < -0.39 is 5.91 Å². The summed E-state index contributed by atoms with van der Waals surface area (Å²) in [6.45, 7) is 1.85. The zero-order valence-electron chi connectivity index (χ0n) is 10.2. The number of carbonyl (C=O) groups is 1. The Bertz CT molecular complexity index is 604. The van der Waals surface area contributed by atoms with E-state index in [4.69, 9.17) is 16.2 Å². The van der Waals surface area contributed by atoms with Crippen molar-refractivity contribution in [3.8, 4) is 11.6 Å².